The monoisotopic (exact) mass is 884 g/mol. The fourth-order valence-electron chi connectivity index (χ4n) is 10.8. The number of benzene rings is 3. The molecule has 3 aliphatic carbocycles. The molecular weight excluding hydrogens is 825 g/mol. The van der Waals surface area contributed by atoms with Crippen LogP contribution in [0.5, 0.6) is 34.5 Å². The molecule has 0 N–H and O–H groups in total. The third-order valence-electron chi connectivity index (χ3n) is 13.9. The Hall–Kier alpha value is -4.37. The first-order valence-electron chi connectivity index (χ1n) is 24.3. The maximum atomic E-state index is 7.20. The highest BCUT2D eigenvalue weighted by Gasteiger charge is 2.73. The Labute approximate surface area is 383 Å². The van der Waals surface area contributed by atoms with E-state index in [0.717, 1.165) is 93.4 Å². The standard InChI is InChI=1S/C50H59B3O12/c1-2-8-14-29-55-35-23-20-25-37-43(35)52-62-47-40-45-46-41(48(47)63-52)50-49(40)64-53(65-50)44-38(26-21-27-39(44)59-33-18-12-6-5-10-16-31-57-37)58-32-17-11-4-3-9-15-30-56-36-24-19-22-34(54-28-13-7-1)42(36)51(60-45)61-46/h1-6,19-27,40-41,45-50H,7-18,28-33H2/b2-1+,4-3+,6-5+/t40?,41?,45-,46+,47-,48+,49+,50-. The quantitative estimate of drug-likeness (QED) is 0.183. The van der Waals surface area contributed by atoms with Crippen molar-refractivity contribution in [3.63, 3.8) is 0 Å². The molecule has 0 aromatic heterocycles. The van der Waals surface area contributed by atoms with Crippen LogP contribution >= 0.6 is 0 Å². The van der Waals surface area contributed by atoms with Crippen molar-refractivity contribution in [1.29, 1.82) is 0 Å². The van der Waals surface area contributed by atoms with Gasteiger partial charge >= 0.3 is 21.4 Å². The molecule has 12 aliphatic rings. The first kappa shape index (κ1) is 43.2. The number of fused-ring (bicyclic) bond motifs is 24. The first-order valence-corrected chi connectivity index (χ1v) is 24.3. The van der Waals surface area contributed by atoms with Crippen LogP contribution in [0, 0.1) is 11.8 Å². The smallest absolute Gasteiger partial charge is 0.494 e. The summed E-state index contributed by atoms with van der Waals surface area (Å²) >= 11 is 0. The molecule has 3 aromatic carbocycles. The summed E-state index contributed by atoms with van der Waals surface area (Å²) in [6, 6.07) is 17.9. The van der Waals surface area contributed by atoms with Crippen molar-refractivity contribution >= 4 is 37.7 Å². The maximum absolute atomic E-state index is 7.20. The predicted octanol–water partition coefficient (Wildman–Crippen LogP) is 6.45. The van der Waals surface area contributed by atoms with Gasteiger partial charge in [-0.05, 0) is 113 Å². The van der Waals surface area contributed by atoms with Gasteiger partial charge in [0.25, 0.3) is 0 Å². The van der Waals surface area contributed by atoms with Crippen molar-refractivity contribution in [3.8, 4) is 34.5 Å². The van der Waals surface area contributed by atoms with E-state index in [1.54, 1.807) is 0 Å². The van der Waals surface area contributed by atoms with Crippen LogP contribution in [0.25, 0.3) is 0 Å². The molecular formula is C50H59B3O12. The zero-order chi connectivity index (χ0) is 43.4. The Morgan fingerprint density at radius 1 is 0.292 bits per heavy atom. The summed E-state index contributed by atoms with van der Waals surface area (Å²) in [7, 11) is -2.31. The molecule has 9 aliphatic heterocycles. The van der Waals surface area contributed by atoms with E-state index in [-0.39, 0.29) is 11.8 Å². The van der Waals surface area contributed by atoms with E-state index in [1.807, 2.05) is 54.6 Å². The molecule has 340 valence electrons. The van der Waals surface area contributed by atoms with Crippen LogP contribution in [-0.2, 0) is 27.9 Å². The van der Waals surface area contributed by atoms with Crippen molar-refractivity contribution in [1.82, 2.24) is 0 Å². The largest absolute Gasteiger partial charge is 0.502 e. The lowest BCUT2D eigenvalue weighted by molar-refractivity contribution is -0.192. The molecule has 6 atom stereocenters. The van der Waals surface area contributed by atoms with Gasteiger partial charge in [0.05, 0.1) is 92.7 Å². The fourth-order valence-corrected chi connectivity index (χ4v) is 10.8. The molecule has 3 saturated carbocycles. The van der Waals surface area contributed by atoms with Gasteiger partial charge in [-0.15, -0.1) is 0 Å². The third-order valence-corrected chi connectivity index (χ3v) is 13.9. The number of hydrogen-bond acceptors (Lipinski definition) is 12. The summed E-state index contributed by atoms with van der Waals surface area (Å²) < 4.78 is 82.6. The minimum atomic E-state index is -0.770. The van der Waals surface area contributed by atoms with Crippen LogP contribution in [0.3, 0.4) is 0 Å². The van der Waals surface area contributed by atoms with Gasteiger partial charge in [-0.25, -0.2) is 0 Å². The molecule has 15 rings (SSSR count). The van der Waals surface area contributed by atoms with Crippen molar-refractivity contribution in [3.05, 3.63) is 91.1 Å². The number of allylic oxidation sites excluding steroid dienone is 6. The van der Waals surface area contributed by atoms with Gasteiger partial charge < -0.3 is 56.3 Å². The second-order valence-corrected chi connectivity index (χ2v) is 18.1. The Balaban J connectivity index is 1.02. The van der Waals surface area contributed by atoms with Gasteiger partial charge in [0.1, 0.15) is 34.5 Å². The summed E-state index contributed by atoms with van der Waals surface area (Å²) in [5, 5.41) is 0. The van der Waals surface area contributed by atoms with Gasteiger partial charge in [-0.2, -0.15) is 0 Å². The minimum absolute atomic E-state index is 0.340. The topological polar surface area (TPSA) is 111 Å². The van der Waals surface area contributed by atoms with Crippen LogP contribution in [-0.4, -0.2) is 97.6 Å². The molecule has 3 aromatic rings. The molecule has 9 heterocycles. The molecule has 14 bridgehead atoms. The molecule has 12 nitrogen and oxygen atoms in total. The SMILES string of the molecule is C1=C/CCCOc2cccc3c2B2O[C@@H]4C5[C@H]6OB7O[C@H]6C([C@H]6OB(O[C@@H]56)c5c(cccc5OCCC/C=C/CCCOc5cccc(c57)OCCC/C=C/CCCO3)OCCC/1)[C@@H]4O2. The summed E-state index contributed by atoms with van der Waals surface area (Å²) in [4.78, 5) is 0. The van der Waals surface area contributed by atoms with Gasteiger partial charge in [-0.1, -0.05) is 54.7 Å². The van der Waals surface area contributed by atoms with Crippen molar-refractivity contribution in [2.75, 3.05) is 39.6 Å². The zero-order valence-corrected chi connectivity index (χ0v) is 37.1. The Morgan fingerprint density at radius 3 is 0.692 bits per heavy atom. The van der Waals surface area contributed by atoms with E-state index in [0.29, 0.717) is 74.1 Å². The van der Waals surface area contributed by atoms with Gasteiger partial charge in [-0.3, -0.25) is 0 Å². The van der Waals surface area contributed by atoms with Crippen LogP contribution in [0.4, 0.5) is 0 Å². The van der Waals surface area contributed by atoms with E-state index >= 15 is 0 Å². The van der Waals surface area contributed by atoms with E-state index in [4.69, 9.17) is 56.3 Å². The molecule has 0 spiro atoms. The van der Waals surface area contributed by atoms with Crippen LogP contribution in [0.1, 0.15) is 77.0 Å². The average Bonchev–Trinajstić information content (AvgIpc) is 4.08. The Morgan fingerprint density at radius 2 is 0.492 bits per heavy atom. The molecule has 0 radical (unpaired) electrons. The second kappa shape index (κ2) is 20.2. The highest BCUT2D eigenvalue weighted by molar-refractivity contribution is 6.65. The van der Waals surface area contributed by atoms with Gasteiger partial charge in [0, 0.05) is 11.8 Å². The van der Waals surface area contributed by atoms with E-state index in [9.17, 15) is 0 Å². The zero-order valence-electron chi connectivity index (χ0n) is 37.1. The first-order chi connectivity index (χ1) is 32.3. The fraction of sp³-hybridized carbons (Fsp3) is 0.520. The van der Waals surface area contributed by atoms with E-state index < -0.39 is 58.0 Å². The molecule has 65 heavy (non-hydrogen) atoms. The molecule has 0 unspecified atom stereocenters. The number of ether oxygens (including phenoxy) is 6. The predicted molar refractivity (Wildman–Crippen MR) is 248 cm³/mol. The summed E-state index contributed by atoms with van der Waals surface area (Å²) in [5.74, 6) is 3.51. The van der Waals surface area contributed by atoms with Crippen LogP contribution < -0.4 is 44.8 Å². The highest BCUT2D eigenvalue weighted by atomic mass is 16.7. The normalized spacial score (nSPS) is 31.8. The Kier molecular flexibility index (Phi) is 13.5. The van der Waals surface area contributed by atoms with Crippen LogP contribution in [0.15, 0.2) is 91.1 Å². The second-order valence-electron chi connectivity index (χ2n) is 18.1. The van der Waals surface area contributed by atoms with E-state index in [2.05, 4.69) is 36.5 Å². The van der Waals surface area contributed by atoms with Gasteiger partial charge in [0.15, 0.2) is 0 Å². The molecule has 15 heteroatoms. The highest BCUT2D eigenvalue weighted by Crippen LogP contribution is 2.56. The third kappa shape index (κ3) is 8.97. The summed E-state index contributed by atoms with van der Waals surface area (Å²) in [6.07, 6.45) is 21.4. The van der Waals surface area contributed by atoms with Crippen molar-refractivity contribution in [2.45, 2.75) is 114 Å². The summed E-state index contributed by atoms with van der Waals surface area (Å²) in [5.41, 5.74) is 2.29. The Bertz CT molecular complexity index is 1830. The van der Waals surface area contributed by atoms with Crippen LogP contribution in [0.2, 0.25) is 0 Å². The number of rotatable bonds is 0. The average molecular weight is 884 g/mol. The summed E-state index contributed by atoms with van der Waals surface area (Å²) in [6.45, 7) is 3.22. The number of hydrogen-bond donors (Lipinski definition) is 0. The lowest BCUT2D eigenvalue weighted by atomic mass is 9.61. The molecule has 3 saturated heterocycles. The molecule has 6 fully saturated rings. The molecule has 0 amide bonds. The van der Waals surface area contributed by atoms with Gasteiger partial charge in [0.2, 0.25) is 0 Å². The van der Waals surface area contributed by atoms with Crippen molar-refractivity contribution in [2.24, 2.45) is 11.8 Å². The maximum Gasteiger partial charge on any atom is 0.502 e. The minimum Gasteiger partial charge on any atom is -0.494 e. The van der Waals surface area contributed by atoms with E-state index in [1.165, 1.54) is 0 Å². The lowest BCUT2D eigenvalue weighted by Gasteiger charge is -2.55. The lowest BCUT2D eigenvalue weighted by Crippen LogP contribution is -2.70. The van der Waals surface area contributed by atoms with Crippen molar-refractivity contribution < 1.29 is 56.3 Å².